The number of hydrogen-bond donors (Lipinski definition) is 1. The molecular weight excluding hydrogens is 314 g/mol. The lowest BCUT2D eigenvalue weighted by molar-refractivity contribution is -0.126. The second kappa shape index (κ2) is 5.56. The number of halogens is 1. The van der Waals surface area contributed by atoms with Crippen molar-refractivity contribution in [3.05, 3.63) is 22.8 Å². The van der Waals surface area contributed by atoms with Crippen LogP contribution in [0.4, 0.5) is 10.6 Å². The van der Waals surface area contributed by atoms with Crippen LogP contribution < -0.4 is 10.6 Å². The van der Waals surface area contributed by atoms with Gasteiger partial charge in [0.1, 0.15) is 5.82 Å². The molecule has 7 heteroatoms. The number of nitrogens with two attached hydrogens (primary N) is 1. The number of rotatable bonds is 3. The Morgan fingerprint density at radius 1 is 1.47 bits per heavy atom. The molecule has 1 aliphatic heterocycles. The van der Waals surface area contributed by atoms with E-state index in [9.17, 15) is 9.59 Å². The van der Waals surface area contributed by atoms with Gasteiger partial charge < -0.3 is 15.4 Å². The number of carbonyl (C=O) groups excluding carboxylic acids is 2. The van der Waals surface area contributed by atoms with Crippen LogP contribution in [0.2, 0.25) is 0 Å². The van der Waals surface area contributed by atoms with Crippen LogP contribution >= 0.6 is 15.9 Å². The fourth-order valence-corrected chi connectivity index (χ4v) is 2.35. The number of aldehydes is 1. The summed E-state index contributed by atoms with van der Waals surface area (Å²) in [6.45, 7) is 1.17. The molecule has 1 saturated heterocycles. The fraction of sp³-hybridized carbons (Fsp3) is 0.417. The highest BCUT2D eigenvalue weighted by Gasteiger charge is 2.38. The average molecular weight is 328 g/mol. The highest BCUT2D eigenvalue weighted by atomic mass is 79.9. The number of anilines is 1. The Hall–Kier alpha value is -1.63. The molecule has 0 unspecified atom stereocenters. The molecule has 1 aliphatic rings. The van der Waals surface area contributed by atoms with Gasteiger partial charge in [-0.3, -0.25) is 4.79 Å². The molecule has 0 radical (unpaired) electrons. The quantitative estimate of drug-likeness (QED) is 0.850. The number of amides is 1. The number of ether oxygens (including phenoxy) is 1. The lowest BCUT2D eigenvalue weighted by Crippen LogP contribution is -2.49. The third kappa shape index (κ3) is 3.23. The van der Waals surface area contributed by atoms with Crippen molar-refractivity contribution in [2.75, 3.05) is 18.0 Å². The van der Waals surface area contributed by atoms with Crippen molar-refractivity contribution in [2.45, 2.75) is 18.4 Å². The Balaban J connectivity index is 2.03. The van der Waals surface area contributed by atoms with Gasteiger partial charge in [-0.2, -0.15) is 0 Å². The highest BCUT2D eigenvalue weighted by molar-refractivity contribution is 9.10. The standard InChI is InChI=1S/C12H14BrN3O3/c13-9-1-2-10(15-7-9)16-5-3-12(8-17,4-6-16)19-11(14)18/h1-2,7-8H,3-6H2,(H2,14,18). The maximum Gasteiger partial charge on any atom is 0.405 e. The number of piperidine rings is 1. The molecule has 2 heterocycles. The van der Waals surface area contributed by atoms with E-state index >= 15 is 0 Å². The lowest BCUT2D eigenvalue weighted by atomic mass is 9.92. The van der Waals surface area contributed by atoms with Crippen LogP contribution in [0.15, 0.2) is 22.8 Å². The normalized spacial score (nSPS) is 17.8. The fourth-order valence-electron chi connectivity index (χ4n) is 2.11. The molecule has 0 atom stereocenters. The smallest absolute Gasteiger partial charge is 0.405 e. The number of primary amides is 1. The number of nitrogens with zero attached hydrogens (tertiary/aromatic N) is 2. The summed E-state index contributed by atoms with van der Waals surface area (Å²) in [5, 5.41) is 0. The van der Waals surface area contributed by atoms with Gasteiger partial charge in [0.05, 0.1) is 0 Å². The largest absolute Gasteiger partial charge is 0.435 e. The summed E-state index contributed by atoms with van der Waals surface area (Å²) in [4.78, 5) is 28.3. The summed E-state index contributed by atoms with van der Waals surface area (Å²) in [5.74, 6) is 0.835. The van der Waals surface area contributed by atoms with Crippen molar-refractivity contribution in [1.29, 1.82) is 0 Å². The van der Waals surface area contributed by atoms with Gasteiger partial charge in [-0.25, -0.2) is 9.78 Å². The molecule has 0 spiro atoms. The van der Waals surface area contributed by atoms with Crippen molar-refractivity contribution in [3.8, 4) is 0 Å². The van der Waals surface area contributed by atoms with Crippen molar-refractivity contribution in [3.63, 3.8) is 0 Å². The molecule has 1 aromatic rings. The van der Waals surface area contributed by atoms with Crippen LogP contribution in [-0.4, -0.2) is 36.1 Å². The number of pyridine rings is 1. The van der Waals surface area contributed by atoms with Gasteiger partial charge in [-0.15, -0.1) is 0 Å². The van der Waals surface area contributed by atoms with E-state index in [-0.39, 0.29) is 0 Å². The molecule has 1 amide bonds. The molecule has 0 aliphatic carbocycles. The predicted octanol–water partition coefficient (Wildman–Crippen LogP) is 1.48. The third-order valence-corrected chi connectivity index (χ3v) is 3.63. The molecule has 0 saturated carbocycles. The van der Waals surface area contributed by atoms with Gasteiger partial charge in [0.15, 0.2) is 11.9 Å². The molecule has 0 aromatic carbocycles. The van der Waals surface area contributed by atoms with E-state index in [1.807, 2.05) is 17.0 Å². The Labute approximate surface area is 119 Å². The SMILES string of the molecule is NC(=O)OC1(C=O)CCN(c2ccc(Br)cn2)CC1. The minimum absolute atomic E-state index is 0.414. The van der Waals surface area contributed by atoms with Gasteiger partial charge in [0, 0.05) is 36.6 Å². The second-order valence-corrected chi connectivity index (χ2v) is 5.34. The van der Waals surface area contributed by atoms with Crippen molar-refractivity contribution in [2.24, 2.45) is 5.73 Å². The topological polar surface area (TPSA) is 85.5 Å². The predicted molar refractivity (Wildman–Crippen MR) is 72.8 cm³/mol. The molecule has 0 bridgehead atoms. The summed E-state index contributed by atoms with van der Waals surface area (Å²) >= 11 is 3.33. The first kappa shape index (κ1) is 13.8. The molecular formula is C12H14BrN3O3. The van der Waals surface area contributed by atoms with Crippen LogP contribution in [0.25, 0.3) is 0 Å². The Morgan fingerprint density at radius 3 is 2.63 bits per heavy atom. The minimum Gasteiger partial charge on any atom is -0.435 e. The molecule has 2 N–H and O–H groups in total. The molecule has 1 fully saturated rings. The number of hydrogen-bond acceptors (Lipinski definition) is 5. The molecule has 1 aromatic heterocycles. The monoisotopic (exact) mass is 327 g/mol. The maximum atomic E-state index is 11.1. The van der Waals surface area contributed by atoms with E-state index in [1.165, 1.54) is 0 Å². The van der Waals surface area contributed by atoms with Crippen molar-refractivity contribution >= 4 is 34.1 Å². The van der Waals surface area contributed by atoms with Crippen molar-refractivity contribution in [1.82, 2.24) is 4.98 Å². The van der Waals surface area contributed by atoms with E-state index in [2.05, 4.69) is 20.9 Å². The van der Waals surface area contributed by atoms with E-state index in [1.54, 1.807) is 6.20 Å². The molecule has 6 nitrogen and oxygen atoms in total. The van der Waals surface area contributed by atoms with Gasteiger partial charge in [0.25, 0.3) is 0 Å². The van der Waals surface area contributed by atoms with E-state index in [4.69, 9.17) is 10.5 Å². The molecule has 2 rings (SSSR count). The van der Waals surface area contributed by atoms with Crippen LogP contribution in [0.3, 0.4) is 0 Å². The van der Waals surface area contributed by atoms with E-state index in [0.29, 0.717) is 32.2 Å². The lowest BCUT2D eigenvalue weighted by Gasteiger charge is -2.37. The highest BCUT2D eigenvalue weighted by Crippen LogP contribution is 2.27. The first-order chi connectivity index (χ1) is 9.04. The molecule has 19 heavy (non-hydrogen) atoms. The Bertz CT molecular complexity index is 470. The summed E-state index contributed by atoms with van der Waals surface area (Å²) < 4.78 is 5.86. The molecule has 102 valence electrons. The summed E-state index contributed by atoms with van der Waals surface area (Å²) in [5.41, 5.74) is 3.91. The maximum absolute atomic E-state index is 11.1. The zero-order valence-electron chi connectivity index (χ0n) is 10.2. The first-order valence-corrected chi connectivity index (χ1v) is 6.65. The van der Waals surface area contributed by atoms with Crippen molar-refractivity contribution < 1.29 is 14.3 Å². The van der Waals surface area contributed by atoms with Gasteiger partial charge in [-0.05, 0) is 28.1 Å². The van der Waals surface area contributed by atoms with Crippen LogP contribution in [0.1, 0.15) is 12.8 Å². The number of carbonyl (C=O) groups is 2. The second-order valence-electron chi connectivity index (χ2n) is 4.43. The average Bonchev–Trinajstić information content (AvgIpc) is 2.40. The Morgan fingerprint density at radius 2 is 2.16 bits per heavy atom. The zero-order valence-corrected chi connectivity index (χ0v) is 11.8. The third-order valence-electron chi connectivity index (χ3n) is 3.16. The number of aromatic nitrogens is 1. The van der Waals surface area contributed by atoms with E-state index in [0.717, 1.165) is 10.3 Å². The van der Waals surface area contributed by atoms with Gasteiger partial charge in [0.2, 0.25) is 0 Å². The first-order valence-electron chi connectivity index (χ1n) is 5.86. The summed E-state index contributed by atoms with van der Waals surface area (Å²) in [6.07, 6.45) is 2.30. The van der Waals surface area contributed by atoms with Crippen LogP contribution in [0.5, 0.6) is 0 Å². The summed E-state index contributed by atoms with van der Waals surface area (Å²) in [6, 6.07) is 3.80. The van der Waals surface area contributed by atoms with E-state index < -0.39 is 11.7 Å². The zero-order chi connectivity index (χ0) is 13.9. The Kier molecular flexibility index (Phi) is 4.04. The van der Waals surface area contributed by atoms with Crippen LogP contribution in [-0.2, 0) is 9.53 Å². The summed E-state index contributed by atoms with van der Waals surface area (Å²) in [7, 11) is 0. The van der Waals surface area contributed by atoms with Crippen LogP contribution in [0, 0.1) is 0 Å². The van der Waals surface area contributed by atoms with Gasteiger partial charge >= 0.3 is 6.09 Å². The van der Waals surface area contributed by atoms with Gasteiger partial charge in [-0.1, -0.05) is 0 Å². The minimum atomic E-state index is -1.09.